The average molecular weight is 448 g/mol. The SMILES string of the molecule is CCOc1ccccc1OCC(O)CN(C)Cc1c(C(C)C)[nH]c2ncc(C)cc12.Cl. The molecule has 3 aromatic rings. The third-order valence-electron chi connectivity index (χ3n) is 5.04. The summed E-state index contributed by atoms with van der Waals surface area (Å²) in [4.78, 5) is 10.1. The molecule has 0 aliphatic heterocycles. The molecule has 0 amide bonds. The van der Waals surface area contributed by atoms with Crippen LogP contribution in [-0.4, -0.2) is 52.9 Å². The summed E-state index contributed by atoms with van der Waals surface area (Å²) in [5.41, 5.74) is 4.51. The van der Waals surface area contributed by atoms with Gasteiger partial charge >= 0.3 is 0 Å². The van der Waals surface area contributed by atoms with Crippen LogP contribution >= 0.6 is 12.4 Å². The van der Waals surface area contributed by atoms with Gasteiger partial charge in [-0.15, -0.1) is 12.4 Å². The third kappa shape index (κ3) is 6.35. The van der Waals surface area contributed by atoms with E-state index < -0.39 is 6.10 Å². The summed E-state index contributed by atoms with van der Waals surface area (Å²) in [6, 6.07) is 9.72. The summed E-state index contributed by atoms with van der Waals surface area (Å²) >= 11 is 0. The Morgan fingerprint density at radius 1 is 1.16 bits per heavy atom. The average Bonchev–Trinajstić information content (AvgIpc) is 3.05. The van der Waals surface area contributed by atoms with E-state index in [-0.39, 0.29) is 19.0 Å². The number of nitrogens with zero attached hydrogens (tertiary/aromatic N) is 2. The lowest BCUT2D eigenvalue weighted by Gasteiger charge is -2.22. The highest BCUT2D eigenvalue weighted by molar-refractivity contribution is 5.85. The maximum absolute atomic E-state index is 10.5. The molecule has 0 radical (unpaired) electrons. The van der Waals surface area contributed by atoms with Gasteiger partial charge in [-0.05, 0) is 56.1 Å². The number of halogens is 1. The van der Waals surface area contributed by atoms with Crippen LogP contribution in [0.2, 0.25) is 0 Å². The Hall–Kier alpha value is -2.28. The lowest BCUT2D eigenvalue weighted by Crippen LogP contribution is -2.33. The molecule has 7 heteroatoms. The highest BCUT2D eigenvalue weighted by Crippen LogP contribution is 2.29. The number of benzene rings is 1. The van der Waals surface area contributed by atoms with Crippen LogP contribution in [0.25, 0.3) is 11.0 Å². The van der Waals surface area contributed by atoms with Crippen LogP contribution in [0.4, 0.5) is 0 Å². The molecule has 6 nitrogen and oxygen atoms in total. The van der Waals surface area contributed by atoms with Crippen LogP contribution < -0.4 is 9.47 Å². The molecule has 1 unspecified atom stereocenters. The third-order valence-corrected chi connectivity index (χ3v) is 5.04. The number of aromatic nitrogens is 2. The number of aromatic amines is 1. The summed E-state index contributed by atoms with van der Waals surface area (Å²) in [5, 5.41) is 11.7. The van der Waals surface area contributed by atoms with E-state index in [0.29, 0.717) is 30.6 Å². The molecule has 0 bridgehead atoms. The number of para-hydroxylation sites is 2. The first kappa shape index (κ1) is 25.0. The van der Waals surface area contributed by atoms with Crippen molar-refractivity contribution in [1.82, 2.24) is 14.9 Å². The topological polar surface area (TPSA) is 70.6 Å². The van der Waals surface area contributed by atoms with Crippen molar-refractivity contribution in [2.75, 3.05) is 26.8 Å². The maximum atomic E-state index is 10.5. The molecule has 0 saturated carbocycles. The molecule has 0 aliphatic carbocycles. The van der Waals surface area contributed by atoms with E-state index in [1.807, 2.05) is 44.4 Å². The van der Waals surface area contributed by atoms with Crippen LogP contribution in [-0.2, 0) is 6.54 Å². The summed E-state index contributed by atoms with van der Waals surface area (Å²) in [5.74, 6) is 1.72. The number of nitrogens with one attached hydrogen (secondary N) is 1. The molecule has 2 heterocycles. The quantitative estimate of drug-likeness (QED) is 0.472. The first-order chi connectivity index (χ1) is 14.4. The number of ether oxygens (including phenoxy) is 2. The van der Waals surface area contributed by atoms with E-state index in [0.717, 1.165) is 23.1 Å². The number of likely N-dealkylation sites (N-methyl/N-ethyl adjacent to an activating group) is 1. The van der Waals surface area contributed by atoms with E-state index in [2.05, 4.69) is 41.7 Å². The molecule has 0 spiro atoms. The number of aliphatic hydroxyl groups is 1. The molecule has 170 valence electrons. The predicted octanol–water partition coefficient (Wildman–Crippen LogP) is 4.69. The van der Waals surface area contributed by atoms with E-state index in [1.54, 1.807) is 0 Å². The van der Waals surface area contributed by atoms with Gasteiger partial charge in [-0.25, -0.2) is 4.98 Å². The van der Waals surface area contributed by atoms with Crippen LogP contribution in [0.15, 0.2) is 36.5 Å². The van der Waals surface area contributed by atoms with E-state index in [9.17, 15) is 5.11 Å². The molecule has 2 aromatic heterocycles. The maximum Gasteiger partial charge on any atom is 0.161 e. The van der Waals surface area contributed by atoms with Gasteiger partial charge in [0.05, 0.1) is 6.61 Å². The smallest absolute Gasteiger partial charge is 0.161 e. The number of H-pyrrole nitrogens is 1. The van der Waals surface area contributed by atoms with Crippen molar-refractivity contribution in [3.05, 3.63) is 53.3 Å². The van der Waals surface area contributed by atoms with Gasteiger partial charge in [-0.2, -0.15) is 0 Å². The van der Waals surface area contributed by atoms with Crippen molar-refractivity contribution < 1.29 is 14.6 Å². The van der Waals surface area contributed by atoms with E-state index in [1.165, 1.54) is 11.3 Å². The fourth-order valence-corrected chi connectivity index (χ4v) is 3.69. The summed E-state index contributed by atoms with van der Waals surface area (Å²) < 4.78 is 11.4. The molecule has 0 fully saturated rings. The molecular formula is C24H34ClN3O3. The molecule has 1 aromatic carbocycles. The summed E-state index contributed by atoms with van der Waals surface area (Å²) in [6.07, 6.45) is 1.27. The minimum absolute atomic E-state index is 0. The van der Waals surface area contributed by atoms with Crippen LogP contribution in [0, 0.1) is 6.92 Å². The Morgan fingerprint density at radius 2 is 1.84 bits per heavy atom. The second-order valence-electron chi connectivity index (χ2n) is 8.12. The first-order valence-corrected chi connectivity index (χ1v) is 10.6. The summed E-state index contributed by atoms with van der Waals surface area (Å²) in [6.45, 7) is 10.4. The highest BCUT2D eigenvalue weighted by Gasteiger charge is 2.18. The van der Waals surface area contributed by atoms with Crippen molar-refractivity contribution in [3.8, 4) is 11.5 Å². The van der Waals surface area contributed by atoms with Crippen molar-refractivity contribution in [2.45, 2.75) is 46.3 Å². The number of hydrogen-bond donors (Lipinski definition) is 2. The van der Waals surface area contributed by atoms with Gasteiger partial charge in [0.1, 0.15) is 18.4 Å². The first-order valence-electron chi connectivity index (χ1n) is 10.6. The Balaban J connectivity index is 0.00000341. The lowest BCUT2D eigenvalue weighted by molar-refractivity contribution is 0.0730. The monoisotopic (exact) mass is 447 g/mol. The standard InChI is InChI=1S/C24H33N3O3.ClH/c1-6-29-21-9-7-8-10-22(21)30-15-18(28)13-27(5)14-20-19-11-17(4)12-25-24(19)26-23(20)16(2)3;/h7-12,16,18,28H,6,13-15H2,1-5H3,(H,25,26);1H. The normalized spacial score (nSPS) is 12.3. The molecule has 31 heavy (non-hydrogen) atoms. The number of pyridine rings is 1. The lowest BCUT2D eigenvalue weighted by atomic mass is 10.0. The minimum atomic E-state index is -0.614. The van der Waals surface area contributed by atoms with Gasteiger partial charge in [-0.1, -0.05) is 26.0 Å². The number of aryl methyl sites for hydroxylation is 1. The van der Waals surface area contributed by atoms with Crippen molar-refractivity contribution >= 4 is 23.4 Å². The Morgan fingerprint density at radius 3 is 2.48 bits per heavy atom. The minimum Gasteiger partial charge on any atom is -0.490 e. The van der Waals surface area contributed by atoms with Crippen molar-refractivity contribution in [2.24, 2.45) is 0 Å². The largest absolute Gasteiger partial charge is 0.490 e. The van der Waals surface area contributed by atoms with Gasteiger partial charge in [-0.3, -0.25) is 4.90 Å². The number of fused-ring (bicyclic) bond motifs is 1. The second-order valence-corrected chi connectivity index (χ2v) is 8.12. The number of aliphatic hydroxyl groups excluding tert-OH is 1. The fourth-order valence-electron chi connectivity index (χ4n) is 3.69. The summed E-state index contributed by atoms with van der Waals surface area (Å²) in [7, 11) is 2.02. The van der Waals surface area contributed by atoms with Crippen LogP contribution in [0.1, 0.15) is 43.5 Å². The number of hydrogen-bond acceptors (Lipinski definition) is 5. The van der Waals surface area contributed by atoms with Crippen LogP contribution in [0.3, 0.4) is 0 Å². The molecule has 3 rings (SSSR count). The molecule has 0 saturated heterocycles. The van der Waals surface area contributed by atoms with E-state index in [4.69, 9.17) is 9.47 Å². The Bertz CT molecular complexity index is 974. The van der Waals surface area contributed by atoms with Gasteiger partial charge < -0.3 is 19.6 Å². The van der Waals surface area contributed by atoms with Gasteiger partial charge in [0, 0.05) is 30.4 Å². The number of rotatable bonds is 10. The zero-order chi connectivity index (χ0) is 21.7. The zero-order valence-electron chi connectivity index (χ0n) is 19.0. The molecule has 1 atom stereocenters. The Labute approximate surface area is 191 Å². The molecular weight excluding hydrogens is 414 g/mol. The van der Waals surface area contributed by atoms with Crippen molar-refractivity contribution in [3.63, 3.8) is 0 Å². The van der Waals surface area contributed by atoms with Gasteiger partial charge in [0.2, 0.25) is 0 Å². The van der Waals surface area contributed by atoms with Crippen molar-refractivity contribution in [1.29, 1.82) is 0 Å². The zero-order valence-corrected chi connectivity index (χ0v) is 19.8. The predicted molar refractivity (Wildman–Crippen MR) is 128 cm³/mol. The molecule has 2 N–H and O–H groups in total. The fraction of sp³-hybridized carbons (Fsp3) is 0.458. The second kappa shape index (κ2) is 11.4. The van der Waals surface area contributed by atoms with E-state index >= 15 is 0 Å². The van der Waals surface area contributed by atoms with Crippen LogP contribution in [0.5, 0.6) is 11.5 Å². The molecule has 0 aliphatic rings. The van der Waals surface area contributed by atoms with Gasteiger partial charge in [0.15, 0.2) is 11.5 Å². The Kier molecular flexibility index (Phi) is 9.16. The highest BCUT2D eigenvalue weighted by atomic mass is 35.5. The van der Waals surface area contributed by atoms with Gasteiger partial charge in [0.25, 0.3) is 0 Å².